The van der Waals surface area contributed by atoms with E-state index in [0.29, 0.717) is 6.54 Å². The van der Waals surface area contributed by atoms with E-state index in [1.54, 1.807) is 0 Å². The molecule has 0 aliphatic rings. The van der Waals surface area contributed by atoms with E-state index >= 15 is 0 Å². The van der Waals surface area contributed by atoms with Crippen molar-refractivity contribution in [3.8, 4) is 0 Å². The first kappa shape index (κ1) is 29.4. The van der Waals surface area contributed by atoms with Crippen molar-refractivity contribution < 1.29 is 9.53 Å². The van der Waals surface area contributed by atoms with Crippen LogP contribution in [0.5, 0.6) is 0 Å². The monoisotopic (exact) mass is 425 g/mol. The third-order valence-electron chi connectivity index (χ3n) is 6.24. The van der Waals surface area contributed by atoms with Gasteiger partial charge >= 0.3 is 5.97 Å². The molecule has 0 heterocycles. The Balaban J connectivity index is 3.67. The highest BCUT2D eigenvalue weighted by Gasteiger charge is 2.10. The molecule has 0 aromatic rings. The fraction of sp³-hybridized carbons (Fsp3) is 0.963. The van der Waals surface area contributed by atoms with Gasteiger partial charge in [0.2, 0.25) is 0 Å². The number of carbonyl (C=O) groups excluding carboxylic acids is 1. The third-order valence-corrected chi connectivity index (χ3v) is 6.24. The minimum absolute atomic E-state index is 0.0887. The van der Waals surface area contributed by atoms with E-state index in [1.807, 2.05) is 0 Å². The van der Waals surface area contributed by atoms with Crippen molar-refractivity contribution in [3.05, 3.63) is 0 Å². The highest BCUT2D eigenvalue weighted by atomic mass is 16.5. The van der Waals surface area contributed by atoms with Gasteiger partial charge in [-0.15, -0.1) is 0 Å². The molecule has 0 aromatic heterocycles. The van der Waals surface area contributed by atoms with Gasteiger partial charge in [-0.1, -0.05) is 129 Å². The number of rotatable bonds is 24. The minimum Gasteiger partial charge on any atom is -0.468 e. The average molecular weight is 426 g/mol. The maximum atomic E-state index is 11.7. The van der Waals surface area contributed by atoms with E-state index in [1.165, 1.54) is 136 Å². The lowest BCUT2D eigenvalue weighted by Gasteiger charge is -2.21. The summed E-state index contributed by atoms with van der Waals surface area (Å²) in [5.41, 5.74) is 0. The Morgan fingerprint density at radius 3 is 1.13 bits per heavy atom. The van der Waals surface area contributed by atoms with E-state index in [2.05, 4.69) is 18.7 Å². The lowest BCUT2D eigenvalue weighted by molar-refractivity contribution is -0.141. The number of nitrogens with zero attached hydrogens (tertiary/aromatic N) is 1. The van der Waals surface area contributed by atoms with Gasteiger partial charge in [0.05, 0.1) is 13.7 Å². The van der Waals surface area contributed by atoms with E-state index in [-0.39, 0.29) is 5.97 Å². The molecule has 0 N–H and O–H groups in total. The molecule has 0 saturated carbocycles. The van der Waals surface area contributed by atoms with Crippen molar-refractivity contribution in [3.63, 3.8) is 0 Å². The number of hydrogen-bond donors (Lipinski definition) is 0. The second-order valence-electron chi connectivity index (χ2n) is 9.22. The molecule has 0 bridgehead atoms. The lowest BCUT2D eigenvalue weighted by atomic mass is 10.1. The van der Waals surface area contributed by atoms with E-state index < -0.39 is 0 Å². The second kappa shape index (κ2) is 24.7. The van der Waals surface area contributed by atoms with Crippen LogP contribution in [0.3, 0.4) is 0 Å². The molecule has 0 aliphatic carbocycles. The van der Waals surface area contributed by atoms with Crippen molar-refractivity contribution in [1.29, 1.82) is 0 Å². The maximum Gasteiger partial charge on any atom is 0.319 e. The first-order valence-corrected chi connectivity index (χ1v) is 13.5. The van der Waals surface area contributed by atoms with Crippen LogP contribution in [0.25, 0.3) is 0 Å². The summed E-state index contributed by atoms with van der Waals surface area (Å²) in [5, 5.41) is 0. The zero-order chi connectivity index (χ0) is 22.1. The predicted octanol–water partition coefficient (Wildman–Crippen LogP) is 8.30. The average Bonchev–Trinajstić information content (AvgIpc) is 2.75. The van der Waals surface area contributed by atoms with Crippen LogP contribution in [0, 0.1) is 0 Å². The van der Waals surface area contributed by atoms with Crippen LogP contribution < -0.4 is 0 Å². The Hall–Kier alpha value is -0.570. The van der Waals surface area contributed by atoms with Gasteiger partial charge in [0.1, 0.15) is 0 Å². The number of unbranched alkanes of at least 4 members (excludes halogenated alkanes) is 18. The van der Waals surface area contributed by atoms with Crippen LogP contribution in [-0.4, -0.2) is 37.6 Å². The van der Waals surface area contributed by atoms with Crippen LogP contribution >= 0.6 is 0 Å². The van der Waals surface area contributed by atoms with Gasteiger partial charge < -0.3 is 4.74 Å². The van der Waals surface area contributed by atoms with E-state index in [9.17, 15) is 4.79 Å². The summed E-state index contributed by atoms with van der Waals surface area (Å²) in [4.78, 5) is 14.0. The molecule has 180 valence electrons. The molecule has 3 nitrogen and oxygen atoms in total. The summed E-state index contributed by atoms with van der Waals surface area (Å²) in [6, 6.07) is 0. The highest BCUT2D eigenvalue weighted by molar-refractivity contribution is 5.71. The third kappa shape index (κ3) is 22.1. The van der Waals surface area contributed by atoms with Crippen molar-refractivity contribution in [2.24, 2.45) is 0 Å². The largest absolute Gasteiger partial charge is 0.468 e. The lowest BCUT2D eigenvalue weighted by Crippen LogP contribution is -2.32. The van der Waals surface area contributed by atoms with Gasteiger partial charge in [0.15, 0.2) is 0 Å². The second-order valence-corrected chi connectivity index (χ2v) is 9.22. The Labute approximate surface area is 189 Å². The zero-order valence-electron chi connectivity index (χ0n) is 21.0. The first-order chi connectivity index (χ1) is 14.7. The zero-order valence-corrected chi connectivity index (χ0v) is 21.0. The van der Waals surface area contributed by atoms with Crippen molar-refractivity contribution in [2.45, 2.75) is 142 Å². The summed E-state index contributed by atoms with van der Waals surface area (Å²) in [6.45, 7) is 7.11. The minimum atomic E-state index is -0.0887. The molecule has 30 heavy (non-hydrogen) atoms. The number of hydrogen-bond acceptors (Lipinski definition) is 3. The van der Waals surface area contributed by atoms with Gasteiger partial charge in [-0.25, -0.2) is 0 Å². The van der Waals surface area contributed by atoms with Gasteiger partial charge in [-0.05, 0) is 25.9 Å². The molecule has 0 fully saturated rings. The molecule has 0 aromatic carbocycles. The van der Waals surface area contributed by atoms with E-state index in [4.69, 9.17) is 4.74 Å². The molecule has 0 rings (SSSR count). The Morgan fingerprint density at radius 1 is 0.533 bits per heavy atom. The van der Waals surface area contributed by atoms with Crippen LogP contribution in [-0.2, 0) is 9.53 Å². The first-order valence-electron chi connectivity index (χ1n) is 13.5. The van der Waals surface area contributed by atoms with Crippen LogP contribution in [0.1, 0.15) is 142 Å². The molecule has 0 amide bonds. The topological polar surface area (TPSA) is 29.5 Å². The number of esters is 1. The molecule has 0 atom stereocenters. The highest BCUT2D eigenvalue weighted by Crippen LogP contribution is 2.13. The fourth-order valence-electron chi connectivity index (χ4n) is 4.16. The molecule has 0 aliphatic heterocycles. The smallest absolute Gasteiger partial charge is 0.319 e. The van der Waals surface area contributed by atoms with Crippen LogP contribution in [0.15, 0.2) is 0 Å². The maximum absolute atomic E-state index is 11.7. The van der Waals surface area contributed by atoms with Gasteiger partial charge in [0.25, 0.3) is 0 Å². The Kier molecular flexibility index (Phi) is 24.2. The molecule has 0 saturated heterocycles. The quantitative estimate of drug-likeness (QED) is 0.115. The molecule has 0 radical (unpaired) electrons. The van der Waals surface area contributed by atoms with Crippen molar-refractivity contribution in [1.82, 2.24) is 4.90 Å². The van der Waals surface area contributed by atoms with Crippen LogP contribution in [0.4, 0.5) is 0 Å². The molecular weight excluding hydrogens is 370 g/mol. The van der Waals surface area contributed by atoms with Gasteiger partial charge in [-0.2, -0.15) is 0 Å². The number of carbonyl (C=O) groups is 1. The molecule has 0 spiro atoms. The van der Waals surface area contributed by atoms with Crippen molar-refractivity contribution >= 4 is 5.97 Å². The number of ether oxygens (including phenoxy) is 1. The SMILES string of the molecule is CCCCCCCCCCCCN(CCCCCCCCCCCC)CC(=O)OC. The Morgan fingerprint density at radius 2 is 0.833 bits per heavy atom. The molecule has 3 heteroatoms. The number of methoxy groups -OCH3 is 1. The standard InChI is InChI=1S/C27H55NO2/c1-4-6-8-10-12-14-16-18-20-22-24-28(26-27(29)30-3)25-23-21-19-17-15-13-11-9-7-5-2/h4-26H2,1-3H3. The van der Waals surface area contributed by atoms with E-state index in [0.717, 1.165) is 13.1 Å². The summed E-state index contributed by atoms with van der Waals surface area (Å²) in [6.07, 6.45) is 27.2. The summed E-state index contributed by atoms with van der Waals surface area (Å²) < 4.78 is 4.90. The summed E-state index contributed by atoms with van der Waals surface area (Å²) in [5.74, 6) is -0.0887. The van der Waals surface area contributed by atoms with Crippen LogP contribution in [0.2, 0.25) is 0 Å². The van der Waals surface area contributed by atoms with Gasteiger partial charge in [0, 0.05) is 0 Å². The summed E-state index contributed by atoms with van der Waals surface area (Å²) >= 11 is 0. The fourth-order valence-corrected chi connectivity index (χ4v) is 4.16. The predicted molar refractivity (Wildman–Crippen MR) is 132 cm³/mol. The van der Waals surface area contributed by atoms with Gasteiger partial charge in [-0.3, -0.25) is 9.69 Å². The normalized spacial score (nSPS) is 11.3. The molecular formula is C27H55NO2. The molecule has 0 unspecified atom stereocenters. The summed E-state index contributed by atoms with van der Waals surface area (Å²) in [7, 11) is 1.50. The van der Waals surface area contributed by atoms with Crippen molar-refractivity contribution in [2.75, 3.05) is 26.7 Å². The Bertz CT molecular complexity index is 322.